The third kappa shape index (κ3) is 1.72. The molecule has 0 aliphatic carbocycles. The summed E-state index contributed by atoms with van der Waals surface area (Å²) in [6.45, 7) is 0.576. The van der Waals surface area contributed by atoms with E-state index in [1.54, 1.807) is 0 Å². The minimum atomic E-state index is 0.576. The number of aromatic nitrogens is 1. The van der Waals surface area contributed by atoms with Gasteiger partial charge in [-0.3, -0.25) is 0 Å². The minimum absolute atomic E-state index is 0.576. The Bertz CT molecular complexity index is 464. The molecule has 0 fully saturated rings. The lowest BCUT2D eigenvalue weighted by atomic mass is 10.2. The average molecular weight is 185 g/mol. The fraction of sp³-hybridized carbons (Fsp3) is 0.167. The minimum Gasteiger partial charge on any atom is -0.493 e. The predicted octanol–water partition coefficient (Wildman–Crippen LogP) is 2.57. The lowest BCUT2D eigenvalue weighted by molar-refractivity contribution is 0.327. The molecule has 0 bridgehead atoms. The Morgan fingerprint density at radius 3 is 3.14 bits per heavy atom. The van der Waals surface area contributed by atoms with Gasteiger partial charge in [0.05, 0.1) is 6.61 Å². The van der Waals surface area contributed by atoms with Crippen LogP contribution in [0.1, 0.15) is 6.42 Å². The first kappa shape index (κ1) is 8.71. The lowest BCUT2D eigenvalue weighted by Crippen LogP contribution is -1.94. The number of hydrogen-bond donors (Lipinski definition) is 1. The molecule has 1 heterocycles. The smallest absolute Gasteiger partial charge is 0.120 e. The molecule has 1 aromatic heterocycles. The SMILES string of the molecule is C#CCCOc1ccc2[nH]ccc2c1. The van der Waals surface area contributed by atoms with Crippen molar-refractivity contribution in [2.45, 2.75) is 6.42 Å². The van der Waals surface area contributed by atoms with Crippen molar-refractivity contribution >= 4 is 10.9 Å². The zero-order chi connectivity index (χ0) is 9.80. The van der Waals surface area contributed by atoms with E-state index in [0.29, 0.717) is 13.0 Å². The van der Waals surface area contributed by atoms with E-state index >= 15 is 0 Å². The number of ether oxygens (including phenoxy) is 1. The fourth-order valence-corrected chi connectivity index (χ4v) is 1.35. The van der Waals surface area contributed by atoms with Gasteiger partial charge in [0, 0.05) is 23.5 Å². The van der Waals surface area contributed by atoms with Crippen LogP contribution in [0.25, 0.3) is 10.9 Å². The molecule has 2 nitrogen and oxygen atoms in total. The van der Waals surface area contributed by atoms with Crippen LogP contribution in [0.2, 0.25) is 0 Å². The predicted molar refractivity (Wildman–Crippen MR) is 57.2 cm³/mol. The summed E-state index contributed by atoms with van der Waals surface area (Å²) in [5.41, 5.74) is 1.12. The number of nitrogens with one attached hydrogen (secondary N) is 1. The summed E-state index contributed by atoms with van der Waals surface area (Å²) in [7, 11) is 0. The average Bonchev–Trinajstić information content (AvgIpc) is 2.65. The van der Waals surface area contributed by atoms with Gasteiger partial charge >= 0.3 is 0 Å². The number of fused-ring (bicyclic) bond motifs is 1. The Kier molecular flexibility index (Phi) is 2.42. The molecule has 2 rings (SSSR count). The van der Waals surface area contributed by atoms with Crippen LogP contribution in [0.4, 0.5) is 0 Å². The van der Waals surface area contributed by atoms with Crippen molar-refractivity contribution in [3.05, 3.63) is 30.5 Å². The van der Waals surface area contributed by atoms with Crippen LogP contribution in [-0.2, 0) is 0 Å². The molecule has 2 heteroatoms. The number of aromatic amines is 1. The molecule has 0 atom stereocenters. The van der Waals surface area contributed by atoms with Gasteiger partial charge in [-0.1, -0.05) is 0 Å². The van der Waals surface area contributed by atoms with Gasteiger partial charge in [-0.2, -0.15) is 0 Å². The highest BCUT2D eigenvalue weighted by molar-refractivity contribution is 5.80. The Morgan fingerprint density at radius 1 is 1.36 bits per heavy atom. The van der Waals surface area contributed by atoms with Crippen LogP contribution < -0.4 is 4.74 Å². The van der Waals surface area contributed by atoms with Gasteiger partial charge in [0.15, 0.2) is 0 Å². The van der Waals surface area contributed by atoms with E-state index in [4.69, 9.17) is 11.2 Å². The van der Waals surface area contributed by atoms with Crippen molar-refractivity contribution in [1.29, 1.82) is 0 Å². The van der Waals surface area contributed by atoms with E-state index in [-0.39, 0.29) is 0 Å². The number of terminal acetylenes is 1. The maximum atomic E-state index is 5.47. The quantitative estimate of drug-likeness (QED) is 0.577. The molecule has 0 aliphatic rings. The number of benzene rings is 1. The molecule has 0 saturated heterocycles. The second-order valence-corrected chi connectivity index (χ2v) is 3.03. The monoisotopic (exact) mass is 185 g/mol. The van der Waals surface area contributed by atoms with Crippen molar-refractivity contribution in [2.24, 2.45) is 0 Å². The number of rotatable bonds is 3. The molecule has 0 radical (unpaired) electrons. The second kappa shape index (κ2) is 3.89. The van der Waals surface area contributed by atoms with Gasteiger partial charge in [0.2, 0.25) is 0 Å². The molecule has 0 saturated carbocycles. The van der Waals surface area contributed by atoms with Gasteiger partial charge in [0.25, 0.3) is 0 Å². The van der Waals surface area contributed by atoms with Crippen LogP contribution in [-0.4, -0.2) is 11.6 Å². The summed E-state index contributed by atoms with van der Waals surface area (Å²) in [5.74, 6) is 3.41. The highest BCUT2D eigenvalue weighted by Gasteiger charge is 1.96. The Hall–Kier alpha value is -1.88. The number of H-pyrrole nitrogens is 1. The zero-order valence-corrected chi connectivity index (χ0v) is 7.79. The molecule has 70 valence electrons. The van der Waals surface area contributed by atoms with E-state index in [1.165, 1.54) is 0 Å². The summed E-state index contributed by atoms with van der Waals surface area (Å²) in [6.07, 6.45) is 7.69. The van der Waals surface area contributed by atoms with E-state index in [1.807, 2.05) is 30.5 Å². The van der Waals surface area contributed by atoms with Crippen molar-refractivity contribution in [3.63, 3.8) is 0 Å². The standard InChI is InChI=1S/C12H11NO/c1-2-3-8-14-11-4-5-12-10(9-11)6-7-13-12/h1,4-7,9,13H,3,8H2. The highest BCUT2D eigenvalue weighted by atomic mass is 16.5. The summed E-state index contributed by atoms with van der Waals surface area (Å²) < 4.78 is 5.47. The molecular formula is C12H11NO. The Labute approximate surface area is 82.9 Å². The van der Waals surface area contributed by atoms with Crippen molar-refractivity contribution in [1.82, 2.24) is 4.98 Å². The first-order valence-electron chi connectivity index (χ1n) is 4.53. The van der Waals surface area contributed by atoms with Gasteiger partial charge in [0.1, 0.15) is 5.75 Å². The summed E-state index contributed by atoms with van der Waals surface area (Å²) in [6, 6.07) is 7.96. The van der Waals surface area contributed by atoms with Crippen molar-refractivity contribution in [2.75, 3.05) is 6.61 Å². The number of hydrogen-bond acceptors (Lipinski definition) is 1. The van der Waals surface area contributed by atoms with Crippen molar-refractivity contribution < 1.29 is 4.74 Å². The molecule has 2 aromatic rings. The van der Waals surface area contributed by atoms with Gasteiger partial charge in [-0.05, 0) is 24.3 Å². The van der Waals surface area contributed by atoms with Gasteiger partial charge in [-0.25, -0.2) is 0 Å². The van der Waals surface area contributed by atoms with Crippen LogP contribution in [0.3, 0.4) is 0 Å². The Balaban J connectivity index is 2.14. The molecule has 14 heavy (non-hydrogen) atoms. The maximum Gasteiger partial charge on any atom is 0.120 e. The van der Waals surface area contributed by atoms with E-state index in [0.717, 1.165) is 16.7 Å². The van der Waals surface area contributed by atoms with Gasteiger partial charge < -0.3 is 9.72 Å². The fourth-order valence-electron chi connectivity index (χ4n) is 1.35. The first-order chi connectivity index (χ1) is 6.90. The summed E-state index contributed by atoms with van der Waals surface area (Å²) in [5, 5.41) is 1.16. The van der Waals surface area contributed by atoms with E-state index < -0.39 is 0 Å². The van der Waals surface area contributed by atoms with Crippen LogP contribution in [0.15, 0.2) is 30.5 Å². The summed E-state index contributed by atoms with van der Waals surface area (Å²) in [4.78, 5) is 3.13. The summed E-state index contributed by atoms with van der Waals surface area (Å²) >= 11 is 0. The molecule has 0 aliphatic heterocycles. The first-order valence-corrected chi connectivity index (χ1v) is 4.53. The zero-order valence-electron chi connectivity index (χ0n) is 7.79. The van der Waals surface area contributed by atoms with Gasteiger partial charge in [-0.15, -0.1) is 12.3 Å². The van der Waals surface area contributed by atoms with Crippen LogP contribution in [0, 0.1) is 12.3 Å². The maximum absolute atomic E-state index is 5.47. The Morgan fingerprint density at radius 2 is 2.29 bits per heavy atom. The molecule has 1 aromatic carbocycles. The molecule has 0 amide bonds. The van der Waals surface area contributed by atoms with Crippen LogP contribution in [0.5, 0.6) is 5.75 Å². The molecule has 0 spiro atoms. The molecular weight excluding hydrogens is 174 g/mol. The van der Waals surface area contributed by atoms with Crippen molar-refractivity contribution in [3.8, 4) is 18.1 Å². The normalized spacial score (nSPS) is 9.93. The van der Waals surface area contributed by atoms with E-state index in [2.05, 4.69) is 10.9 Å². The third-order valence-corrected chi connectivity index (χ3v) is 2.04. The third-order valence-electron chi connectivity index (χ3n) is 2.04. The van der Waals surface area contributed by atoms with Crippen LogP contribution >= 0.6 is 0 Å². The molecule has 1 N–H and O–H groups in total. The molecule has 0 unspecified atom stereocenters. The largest absolute Gasteiger partial charge is 0.493 e. The lowest BCUT2D eigenvalue weighted by Gasteiger charge is -2.03. The highest BCUT2D eigenvalue weighted by Crippen LogP contribution is 2.19. The van der Waals surface area contributed by atoms with E-state index in [9.17, 15) is 0 Å². The topological polar surface area (TPSA) is 25.0 Å². The second-order valence-electron chi connectivity index (χ2n) is 3.03.